The highest BCUT2D eigenvalue weighted by atomic mass is 16.2. The predicted molar refractivity (Wildman–Crippen MR) is 151 cm³/mol. The van der Waals surface area contributed by atoms with Gasteiger partial charge < -0.3 is 21.3 Å². The third-order valence-electron chi connectivity index (χ3n) is 6.89. The SMILES string of the molecule is O=C(CCC(NC(=O)CNC(=O)c1cnc2ccccc2n1)C(=O)C(=O)NCc1ccccc1)NC1CCCCC1. The van der Waals surface area contributed by atoms with E-state index in [9.17, 15) is 24.0 Å². The van der Waals surface area contributed by atoms with Gasteiger partial charge in [-0.25, -0.2) is 4.98 Å². The van der Waals surface area contributed by atoms with Crippen LogP contribution in [0.15, 0.2) is 60.8 Å². The van der Waals surface area contributed by atoms with Gasteiger partial charge in [-0.3, -0.25) is 29.0 Å². The third kappa shape index (κ3) is 8.92. The van der Waals surface area contributed by atoms with Gasteiger partial charge in [0.05, 0.1) is 29.8 Å². The first-order valence-corrected chi connectivity index (χ1v) is 13.8. The van der Waals surface area contributed by atoms with Gasteiger partial charge >= 0.3 is 0 Å². The van der Waals surface area contributed by atoms with Gasteiger partial charge in [0, 0.05) is 19.0 Å². The van der Waals surface area contributed by atoms with Crippen LogP contribution in [0.1, 0.15) is 61.0 Å². The van der Waals surface area contributed by atoms with Crippen molar-refractivity contribution in [1.82, 2.24) is 31.2 Å². The minimum absolute atomic E-state index is 0.0313. The number of fused-ring (bicyclic) bond motifs is 1. The molecule has 1 aliphatic carbocycles. The van der Waals surface area contributed by atoms with E-state index in [0.29, 0.717) is 11.0 Å². The van der Waals surface area contributed by atoms with E-state index in [-0.39, 0.29) is 37.0 Å². The first-order chi connectivity index (χ1) is 19.9. The van der Waals surface area contributed by atoms with Crippen molar-refractivity contribution >= 4 is 40.4 Å². The number of nitrogens with one attached hydrogen (secondary N) is 4. The average molecular weight is 559 g/mol. The second kappa shape index (κ2) is 14.6. The molecule has 1 heterocycles. The normalized spacial score (nSPS) is 14.0. The molecule has 0 saturated heterocycles. The van der Waals surface area contributed by atoms with Gasteiger partial charge in [0.2, 0.25) is 17.6 Å². The van der Waals surface area contributed by atoms with Crippen LogP contribution in [-0.2, 0) is 25.7 Å². The number of hydrogen-bond acceptors (Lipinski definition) is 7. The molecule has 1 saturated carbocycles. The molecule has 1 aliphatic rings. The molecule has 11 nitrogen and oxygen atoms in total. The maximum absolute atomic E-state index is 13.0. The summed E-state index contributed by atoms with van der Waals surface area (Å²) < 4.78 is 0. The van der Waals surface area contributed by atoms with Gasteiger partial charge in [-0.2, -0.15) is 0 Å². The van der Waals surface area contributed by atoms with Crippen LogP contribution in [0.2, 0.25) is 0 Å². The minimum Gasteiger partial charge on any atom is -0.353 e. The number of aromatic nitrogens is 2. The van der Waals surface area contributed by atoms with Crippen LogP contribution in [0.3, 0.4) is 0 Å². The molecule has 0 spiro atoms. The molecule has 1 fully saturated rings. The van der Waals surface area contributed by atoms with Crippen molar-refractivity contribution in [2.75, 3.05) is 6.54 Å². The molecule has 1 unspecified atom stereocenters. The summed E-state index contributed by atoms with van der Waals surface area (Å²) >= 11 is 0. The Bertz CT molecular complexity index is 1390. The number of carbonyl (C=O) groups excluding carboxylic acids is 5. The fourth-order valence-electron chi connectivity index (χ4n) is 4.68. The summed E-state index contributed by atoms with van der Waals surface area (Å²) in [6.45, 7) is -0.325. The van der Waals surface area contributed by atoms with E-state index in [0.717, 1.165) is 37.7 Å². The Morgan fingerprint density at radius 3 is 2.29 bits per heavy atom. The first-order valence-electron chi connectivity index (χ1n) is 13.8. The van der Waals surface area contributed by atoms with Crippen LogP contribution in [0.4, 0.5) is 0 Å². The molecule has 214 valence electrons. The molecule has 1 aromatic heterocycles. The van der Waals surface area contributed by atoms with Crippen molar-refractivity contribution in [2.45, 2.75) is 63.6 Å². The lowest BCUT2D eigenvalue weighted by Crippen LogP contribution is -2.50. The van der Waals surface area contributed by atoms with E-state index >= 15 is 0 Å². The van der Waals surface area contributed by atoms with E-state index < -0.39 is 36.1 Å². The number of carbonyl (C=O) groups is 5. The van der Waals surface area contributed by atoms with Crippen molar-refractivity contribution in [3.63, 3.8) is 0 Å². The summed E-state index contributed by atoms with van der Waals surface area (Å²) in [5.74, 6) is -3.28. The zero-order chi connectivity index (χ0) is 29.0. The lowest BCUT2D eigenvalue weighted by Gasteiger charge is -2.23. The zero-order valence-electron chi connectivity index (χ0n) is 22.7. The van der Waals surface area contributed by atoms with Crippen molar-refractivity contribution in [2.24, 2.45) is 0 Å². The second-order valence-corrected chi connectivity index (χ2v) is 10.0. The Morgan fingerprint density at radius 2 is 1.54 bits per heavy atom. The lowest BCUT2D eigenvalue weighted by molar-refractivity contribution is -0.140. The minimum atomic E-state index is -1.24. The van der Waals surface area contributed by atoms with Crippen LogP contribution < -0.4 is 21.3 Å². The quantitative estimate of drug-likeness (QED) is 0.247. The number of benzene rings is 2. The van der Waals surface area contributed by atoms with Crippen LogP contribution in [0.25, 0.3) is 11.0 Å². The Hall–Kier alpha value is -4.67. The van der Waals surface area contributed by atoms with Crippen LogP contribution in [0, 0.1) is 0 Å². The monoisotopic (exact) mass is 558 g/mol. The second-order valence-electron chi connectivity index (χ2n) is 10.0. The molecular formula is C30H34N6O5. The van der Waals surface area contributed by atoms with E-state index in [1.807, 2.05) is 30.3 Å². The summed E-state index contributed by atoms with van der Waals surface area (Å²) in [5.41, 5.74) is 1.99. The van der Waals surface area contributed by atoms with Crippen molar-refractivity contribution in [3.8, 4) is 0 Å². The van der Waals surface area contributed by atoms with Gasteiger partial charge in [0.1, 0.15) is 5.69 Å². The highest BCUT2D eigenvalue weighted by molar-refractivity contribution is 6.38. The molecule has 3 aromatic rings. The highest BCUT2D eigenvalue weighted by Crippen LogP contribution is 2.17. The van der Waals surface area contributed by atoms with Crippen LogP contribution >= 0.6 is 0 Å². The average Bonchev–Trinajstić information content (AvgIpc) is 3.01. The molecule has 41 heavy (non-hydrogen) atoms. The van der Waals surface area contributed by atoms with Crippen molar-refractivity contribution < 1.29 is 24.0 Å². The fourth-order valence-corrected chi connectivity index (χ4v) is 4.68. The molecule has 2 aromatic carbocycles. The Morgan fingerprint density at radius 1 is 0.829 bits per heavy atom. The summed E-state index contributed by atoms with van der Waals surface area (Å²) in [6.07, 6.45) is 6.29. The van der Waals surface area contributed by atoms with E-state index in [1.54, 1.807) is 24.3 Å². The van der Waals surface area contributed by atoms with Crippen LogP contribution in [0.5, 0.6) is 0 Å². The van der Waals surface area contributed by atoms with Gasteiger partial charge in [0.15, 0.2) is 0 Å². The van der Waals surface area contributed by atoms with E-state index in [4.69, 9.17) is 0 Å². The Labute approximate surface area is 237 Å². The Balaban J connectivity index is 1.34. The molecule has 11 heteroatoms. The van der Waals surface area contributed by atoms with Gasteiger partial charge in [-0.15, -0.1) is 0 Å². The molecule has 0 radical (unpaired) electrons. The molecule has 4 rings (SSSR count). The number of nitrogens with zero attached hydrogens (tertiary/aromatic N) is 2. The smallest absolute Gasteiger partial charge is 0.289 e. The number of rotatable bonds is 12. The van der Waals surface area contributed by atoms with Gasteiger partial charge in [-0.05, 0) is 37.0 Å². The van der Waals surface area contributed by atoms with E-state index in [1.165, 1.54) is 6.20 Å². The molecule has 0 aliphatic heterocycles. The predicted octanol–water partition coefficient (Wildman–Crippen LogP) is 1.96. The third-order valence-corrected chi connectivity index (χ3v) is 6.89. The fraction of sp³-hybridized carbons (Fsp3) is 0.367. The highest BCUT2D eigenvalue weighted by Gasteiger charge is 2.28. The summed E-state index contributed by atoms with van der Waals surface area (Å²) in [7, 11) is 0. The van der Waals surface area contributed by atoms with Crippen molar-refractivity contribution in [3.05, 3.63) is 72.1 Å². The summed E-state index contributed by atoms with van der Waals surface area (Å²) in [6, 6.07) is 15.0. The number of hydrogen-bond donors (Lipinski definition) is 4. The first kappa shape index (κ1) is 29.3. The molecule has 1 atom stereocenters. The maximum Gasteiger partial charge on any atom is 0.289 e. The topological polar surface area (TPSA) is 159 Å². The molecule has 4 amide bonds. The van der Waals surface area contributed by atoms with Crippen LogP contribution in [-0.4, -0.2) is 58.0 Å². The van der Waals surface area contributed by atoms with Crippen molar-refractivity contribution in [1.29, 1.82) is 0 Å². The number of Topliss-reactive ketones (excluding diaryl/α,β-unsaturated/α-hetero) is 1. The largest absolute Gasteiger partial charge is 0.353 e. The molecular weight excluding hydrogens is 524 g/mol. The Kier molecular flexibility index (Phi) is 10.5. The molecule has 0 bridgehead atoms. The summed E-state index contributed by atoms with van der Waals surface area (Å²) in [5, 5.41) is 10.5. The van der Waals surface area contributed by atoms with Gasteiger partial charge in [-0.1, -0.05) is 61.7 Å². The summed E-state index contributed by atoms with van der Waals surface area (Å²) in [4.78, 5) is 72.0. The van der Waals surface area contributed by atoms with Gasteiger partial charge in [0.25, 0.3) is 11.8 Å². The number of ketones is 1. The zero-order valence-corrected chi connectivity index (χ0v) is 22.7. The van der Waals surface area contributed by atoms with E-state index in [2.05, 4.69) is 31.2 Å². The number of amides is 4. The lowest BCUT2D eigenvalue weighted by atomic mass is 9.95. The molecule has 4 N–H and O–H groups in total. The standard InChI is InChI=1S/C30H34N6O5/c37-26(34-21-11-5-2-6-12-21)16-15-24(28(39)30(41)32-17-20-9-3-1-4-10-20)36-27(38)19-33-29(40)25-18-31-22-13-7-8-14-23(22)35-25/h1,3-4,7-10,13-14,18,21,24H,2,5-6,11-12,15-17,19H2,(H,32,41)(H,33,40)(H,34,37)(H,36,38). The number of para-hydroxylation sites is 2. The maximum atomic E-state index is 13.0.